The molecule has 1 aromatic rings. The molecular weight excluding hydrogens is 274 g/mol. The van der Waals surface area contributed by atoms with Crippen LogP contribution in [0.4, 0.5) is 0 Å². The number of rotatable bonds is 5. The summed E-state index contributed by atoms with van der Waals surface area (Å²) in [4.78, 5) is 0. The van der Waals surface area contributed by atoms with Crippen LogP contribution >= 0.6 is 15.9 Å². The SMILES string of the molecule is CCNC(Cc1cccc(Br)c1)C1=CCCC1. The maximum atomic E-state index is 3.61. The molecule has 1 N–H and O–H groups in total. The predicted octanol–water partition coefficient (Wildman–Crippen LogP) is 4.08. The molecule has 0 aromatic heterocycles. The average molecular weight is 294 g/mol. The van der Waals surface area contributed by atoms with Gasteiger partial charge in [0.1, 0.15) is 0 Å². The Hall–Kier alpha value is -0.600. The Morgan fingerprint density at radius 3 is 2.94 bits per heavy atom. The fourth-order valence-corrected chi connectivity index (χ4v) is 2.94. The number of halogens is 1. The summed E-state index contributed by atoms with van der Waals surface area (Å²) >= 11 is 3.54. The first kappa shape index (κ1) is 12.8. The third-order valence-corrected chi connectivity index (χ3v) is 3.80. The van der Waals surface area contributed by atoms with Crippen LogP contribution in [0.25, 0.3) is 0 Å². The van der Waals surface area contributed by atoms with Gasteiger partial charge in [-0.2, -0.15) is 0 Å². The van der Waals surface area contributed by atoms with Crippen molar-refractivity contribution in [3.8, 4) is 0 Å². The molecule has 0 spiro atoms. The third kappa shape index (κ3) is 3.68. The second-order valence-corrected chi connectivity index (χ2v) is 5.53. The highest BCUT2D eigenvalue weighted by atomic mass is 79.9. The lowest BCUT2D eigenvalue weighted by Gasteiger charge is -2.19. The molecule has 0 radical (unpaired) electrons. The summed E-state index contributed by atoms with van der Waals surface area (Å²) in [6.45, 7) is 3.22. The van der Waals surface area contributed by atoms with Crippen molar-refractivity contribution in [3.63, 3.8) is 0 Å². The van der Waals surface area contributed by atoms with E-state index in [1.54, 1.807) is 5.57 Å². The van der Waals surface area contributed by atoms with Gasteiger partial charge in [0.15, 0.2) is 0 Å². The fourth-order valence-electron chi connectivity index (χ4n) is 2.49. The van der Waals surface area contributed by atoms with E-state index in [4.69, 9.17) is 0 Å². The number of hydrogen-bond donors (Lipinski definition) is 1. The largest absolute Gasteiger partial charge is 0.310 e. The maximum Gasteiger partial charge on any atom is 0.0319 e. The minimum Gasteiger partial charge on any atom is -0.310 e. The van der Waals surface area contributed by atoms with Gasteiger partial charge >= 0.3 is 0 Å². The molecule has 17 heavy (non-hydrogen) atoms. The lowest BCUT2D eigenvalue weighted by Crippen LogP contribution is -2.32. The van der Waals surface area contributed by atoms with Crippen molar-refractivity contribution in [1.29, 1.82) is 0 Å². The van der Waals surface area contributed by atoms with Crippen LogP contribution in [0.1, 0.15) is 31.7 Å². The van der Waals surface area contributed by atoms with Gasteiger partial charge in [-0.3, -0.25) is 0 Å². The second-order valence-electron chi connectivity index (χ2n) is 4.62. The second kappa shape index (κ2) is 6.36. The van der Waals surface area contributed by atoms with E-state index in [2.05, 4.69) is 58.5 Å². The minimum absolute atomic E-state index is 0.525. The molecule has 0 fully saturated rings. The Labute approximate surface area is 112 Å². The molecule has 0 bridgehead atoms. The van der Waals surface area contributed by atoms with E-state index in [0.717, 1.165) is 13.0 Å². The molecule has 1 atom stereocenters. The van der Waals surface area contributed by atoms with E-state index in [0.29, 0.717) is 6.04 Å². The van der Waals surface area contributed by atoms with Crippen LogP contribution in [-0.4, -0.2) is 12.6 Å². The van der Waals surface area contributed by atoms with E-state index >= 15 is 0 Å². The summed E-state index contributed by atoms with van der Waals surface area (Å²) in [5.41, 5.74) is 3.00. The Morgan fingerprint density at radius 1 is 1.41 bits per heavy atom. The van der Waals surface area contributed by atoms with Crippen molar-refractivity contribution in [3.05, 3.63) is 46.0 Å². The summed E-state index contributed by atoms with van der Waals surface area (Å²) < 4.78 is 1.17. The first-order valence-electron chi connectivity index (χ1n) is 6.46. The Morgan fingerprint density at radius 2 is 2.29 bits per heavy atom. The highest BCUT2D eigenvalue weighted by molar-refractivity contribution is 9.10. The highest BCUT2D eigenvalue weighted by Crippen LogP contribution is 2.23. The molecule has 0 saturated heterocycles. The van der Waals surface area contributed by atoms with E-state index in [9.17, 15) is 0 Å². The van der Waals surface area contributed by atoms with Gasteiger partial charge in [0.25, 0.3) is 0 Å². The zero-order valence-electron chi connectivity index (χ0n) is 10.4. The van der Waals surface area contributed by atoms with Crippen molar-refractivity contribution in [2.45, 2.75) is 38.6 Å². The standard InChI is InChI=1S/C15H20BrN/c1-2-17-15(13-7-3-4-8-13)11-12-6-5-9-14(16)10-12/h5-7,9-10,15,17H,2-4,8,11H2,1H3. The summed E-state index contributed by atoms with van der Waals surface area (Å²) in [6, 6.07) is 9.16. The van der Waals surface area contributed by atoms with Crippen molar-refractivity contribution in [2.75, 3.05) is 6.54 Å². The molecule has 0 heterocycles. The summed E-state index contributed by atoms with van der Waals surface area (Å²) in [5.74, 6) is 0. The third-order valence-electron chi connectivity index (χ3n) is 3.30. The van der Waals surface area contributed by atoms with Crippen LogP contribution in [0.3, 0.4) is 0 Å². The number of nitrogens with one attached hydrogen (secondary N) is 1. The van der Waals surface area contributed by atoms with Crippen LogP contribution in [0, 0.1) is 0 Å². The number of hydrogen-bond acceptors (Lipinski definition) is 1. The molecule has 0 saturated carbocycles. The zero-order chi connectivity index (χ0) is 12.1. The van der Waals surface area contributed by atoms with Crippen LogP contribution in [0.2, 0.25) is 0 Å². The molecule has 92 valence electrons. The average Bonchev–Trinajstić information content (AvgIpc) is 2.82. The Bertz CT molecular complexity index is 398. The molecule has 0 amide bonds. The van der Waals surface area contributed by atoms with Gasteiger partial charge in [0.2, 0.25) is 0 Å². The number of benzene rings is 1. The molecule has 1 nitrogen and oxygen atoms in total. The van der Waals surface area contributed by atoms with Gasteiger partial charge in [-0.15, -0.1) is 0 Å². The fraction of sp³-hybridized carbons (Fsp3) is 0.467. The molecule has 1 aliphatic carbocycles. The van der Waals surface area contributed by atoms with Gasteiger partial charge in [-0.25, -0.2) is 0 Å². The van der Waals surface area contributed by atoms with Crippen LogP contribution in [-0.2, 0) is 6.42 Å². The number of likely N-dealkylation sites (N-methyl/N-ethyl adjacent to an activating group) is 1. The van der Waals surface area contributed by atoms with Crippen LogP contribution in [0.5, 0.6) is 0 Å². The van der Waals surface area contributed by atoms with Crippen LogP contribution in [0.15, 0.2) is 40.4 Å². The topological polar surface area (TPSA) is 12.0 Å². The highest BCUT2D eigenvalue weighted by Gasteiger charge is 2.16. The lowest BCUT2D eigenvalue weighted by molar-refractivity contribution is 0.574. The summed E-state index contributed by atoms with van der Waals surface area (Å²) in [5, 5.41) is 3.61. The lowest BCUT2D eigenvalue weighted by atomic mass is 9.98. The van der Waals surface area contributed by atoms with Crippen molar-refractivity contribution in [2.24, 2.45) is 0 Å². The molecular formula is C15H20BrN. The smallest absolute Gasteiger partial charge is 0.0319 e. The van der Waals surface area contributed by atoms with Gasteiger partial charge in [0.05, 0.1) is 0 Å². The van der Waals surface area contributed by atoms with Crippen molar-refractivity contribution < 1.29 is 0 Å². The first-order chi connectivity index (χ1) is 8.29. The summed E-state index contributed by atoms with van der Waals surface area (Å²) in [6.07, 6.45) is 7.38. The quantitative estimate of drug-likeness (QED) is 0.807. The minimum atomic E-state index is 0.525. The van der Waals surface area contributed by atoms with Gasteiger partial charge in [-0.05, 0) is 49.9 Å². The molecule has 1 unspecified atom stereocenters. The van der Waals surface area contributed by atoms with Crippen molar-refractivity contribution >= 4 is 15.9 Å². The monoisotopic (exact) mass is 293 g/mol. The normalized spacial score (nSPS) is 16.9. The van der Waals surface area contributed by atoms with Crippen molar-refractivity contribution in [1.82, 2.24) is 5.32 Å². The van der Waals surface area contributed by atoms with Gasteiger partial charge in [0, 0.05) is 10.5 Å². The molecule has 1 aromatic carbocycles. The molecule has 1 aliphatic rings. The van der Waals surface area contributed by atoms with E-state index in [1.165, 1.54) is 29.3 Å². The van der Waals surface area contributed by atoms with E-state index in [-0.39, 0.29) is 0 Å². The van der Waals surface area contributed by atoms with Gasteiger partial charge < -0.3 is 5.32 Å². The maximum absolute atomic E-state index is 3.61. The molecule has 2 rings (SSSR count). The first-order valence-corrected chi connectivity index (χ1v) is 7.25. The van der Waals surface area contributed by atoms with E-state index < -0.39 is 0 Å². The predicted molar refractivity (Wildman–Crippen MR) is 77.2 cm³/mol. The zero-order valence-corrected chi connectivity index (χ0v) is 12.0. The van der Waals surface area contributed by atoms with Gasteiger partial charge in [-0.1, -0.05) is 46.6 Å². The number of allylic oxidation sites excluding steroid dienone is 1. The van der Waals surface area contributed by atoms with E-state index in [1.807, 2.05) is 0 Å². The summed E-state index contributed by atoms with van der Waals surface area (Å²) in [7, 11) is 0. The molecule has 0 aliphatic heterocycles. The van der Waals surface area contributed by atoms with Crippen LogP contribution < -0.4 is 5.32 Å². The molecule has 2 heteroatoms. The Kier molecular flexibility index (Phi) is 4.81. The Balaban J connectivity index is 2.07.